The van der Waals surface area contributed by atoms with Crippen molar-refractivity contribution in [1.29, 1.82) is 0 Å². The summed E-state index contributed by atoms with van der Waals surface area (Å²) in [5.74, 6) is 1.98. The number of hydrogen-bond acceptors (Lipinski definition) is 12. The Morgan fingerprint density at radius 2 is 0.371 bits per heavy atom. The highest BCUT2D eigenvalue weighted by Crippen LogP contribution is 2.28. The molecule has 0 aromatic heterocycles. The molecule has 116 heavy (non-hydrogen) atoms. The molecule has 2 saturated carbocycles. The minimum Gasteiger partial charge on any atom is -0.410 e. The third kappa shape index (κ3) is 34.3. The smallest absolute Gasteiger partial charge is 0.410 e. The number of carbonyl (C=O) groups is 8. The monoisotopic (exact) mass is 1580 g/mol. The maximum absolute atomic E-state index is 12.6. The molecule has 2 aliphatic rings. The first kappa shape index (κ1) is 87.9. The van der Waals surface area contributed by atoms with Crippen molar-refractivity contribution in [2.75, 3.05) is 52.4 Å². The van der Waals surface area contributed by atoms with Gasteiger partial charge in [-0.2, -0.15) is 0 Å². The first-order chi connectivity index (χ1) is 56.8. The Kier molecular flexibility index (Phi) is 39.1. The maximum atomic E-state index is 12.6. The zero-order chi connectivity index (χ0) is 81.3. The summed E-state index contributed by atoms with van der Waals surface area (Å²) in [7, 11) is 0. The van der Waals surface area contributed by atoms with Crippen molar-refractivity contribution in [3.63, 3.8) is 0 Å². The Morgan fingerprint density at radius 3 is 0.552 bits per heavy atom. The van der Waals surface area contributed by atoms with Crippen LogP contribution in [-0.4, -0.2) is 125 Å². The molecule has 0 saturated heterocycles. The van der Waals surface area contributed by atoms with Gasteiger partial charge >= 0.3 is 48.5 Å². The number of rotatable bonds is 40. The first-order valence-corrected chi connectivity index (χ1v) is 41.5. The van der Waals surface area contributed by atoms with Crippen molar-refractivity contribution >= 4 is 48.5 Å². The van der Waals surface area contributed by atoms with Gasteiger partial charge in [0.2, 0.25) is 0 Å². The molecule has 12 amide bonds. The molecule has 616 valence electrons. The maximum Gasteiger partial charge on any atom is 0.412 e. The van der Waals surface area contributed by atoms with Crippen molar-refractivity contribution in [2.45, 2.75) is 178 Å². The molecule has 12 N–H and O–H groups in total. The number of unbranched alkanes of at least 4 members (excludes halogenated alkanes) is 12. The van der Waals surface area contributed by atoms with Crippen molar-refractivity contribution < 1.29 is 57.3 Å². The Balaban J connectivity index is 0.000000265. The number of benzene rings is 8. The second kappa shape index (κ2) is 51.6. The summed E-state index contributed by atoms with van der Waals surface area (Å²) >= 11 is 0. The number of nitrogens with one attached hydrogen (secondary N) is 12. The van der Waals surface area contributed by atoms with Crippen LogP contribution in [0.25, 0.3) is 44.5 Å². The van der Waals surface area contributed by atoms with Crippen LogP contribution in [0.15, 0.2) is 218 Å². The molecule has 0 aliphatic heterocycles. The van der Waals surface area contributed by atoms with Gasteiger partial charge in [-0.25, -0.2) is 38.4 Å². The summed E-state index contributed by atoms with van der Waals surface area (Å²) in [5, 5.41) is 35.2. The van der Waals surface area contributed by atoms with E-state index < -0.39 is 24.4 Å². The van der Waals surface area contributed by atoms with Gasteiger partial charge in [-0.3, -0.25) is 0 Å². The molecule has 0 radical (unpaired) electrons. The van der Waals surface area contributed by atoms with E-state index in [9.17, 15) is 38.4 Å². The summed E-state index contributed by atoms with van der Waals surface area (Å²) in [6, 6.07) is 68.4. The third-order valence-electron chi connectivity index (χ3n) is 20.1. The van der Waals surface area contributed by atoms with Gasteiger partial charge in [-0.15, -0.1) is 0 Å². The van der Waals surface area contributed by atoms with E-state index in [2.05, 4.69) is 63.8 Å². The minimum absolute atomic E-state index is 0.125. The number of hydrogen-bond donors (Lipinski definition) is 12. The average Bonchev–Trinajstić information content (AvgIpc) is 0.879. The second-order valence-corrected chi connectivity index (χ2v) is 29.1. The number of urea groups is 4. The van der Waals surface area contributed by atoms with Crippen LogP contribution < -0.4 is 82.7 Å². The van der Waals surface area contributed by atoms with Crippen molar-refractivity contribution in [2.24, 2.45) is 0 Å². The van der Waals surface area contributed by atoms with Crippen molar-refractivity contribution in [3.05, 3.63) is 218 Å². The van der Waals surface area contributed by atoms with E-state index in [1.807, 2.05) is 170 Å². The van der Waals surface area contributed by atoms with Crippen LogP contribution in [0.4, 0.5) is 38.4 Å². The summed E-state index contributed by atoms with van der Waals surface area (Å²) in [4.78, 5) is 99.3. The molecule has 0 bridgehead atoms. The van der Waals surface area contributed by atoms with E-state index in [4.69, 9.17) is 18.9 Å². The molecule has 24 nitrogen and oxygen atoms in total. The lowest BCUT2D eigenvalue weighted by Crippen LogP contribution is -2.56. The fourth-order valence-corrected chi connectivity index (χ4v) is 13.8. The lowest BCUT2D eigenvalue weighted by atomic mass is 9.90. The molecule has 0 unspecified atom stereocenters. The summed E-state index contributed by atoms with van der Waals surface area (Å²) in [6.07, 6.45) is 19.3. The van der Waals surface area contributed by atoms with E-state index in [-0.39, 0.29) is 48.3 Å². The van der Waals surface area contributed by atoms with Gasteiger partial charge in [0.25, 0.3) is 0 Å². The Bertz CT molecular complexity index is 3650. The number of carbonyl (C=O) groups excluding carboxylic acids is 8. The van der Waals surface area contributed by atoms with Crippen molar-refractivity contribution in [1.82, 2.24) is 63.8 Å². The molecular weight excluding hydrogens is 1470 g/mol. The van der Waals surface area contributed by atoms with Crippen LogP contribution in [0, 0.1) is 0 Å². The fraction of sp³-hybridized carbons (Fsp3) is 0.391. The highest BCUT2D eigenvalue weighted by atomic mass is 16.6. The van der Waals surface area contributed by atoms with Gasteiger partial charge in [-0.05, 0) is 170 Å². The van der Waals surface area contributed by atoms with Gasteiger partial charge in [0.05, 0.1) is 24.2 Å². The quantitative estimate of drug-likeness (QED) is 0.0160. The van der Waals surface area contributed by atoms with Crippen LogP contribution in [-0.2, 0) is 0 Å². The van der Waals surface area contributed by atoms with Gasteiger partial charge in [0, 0.05) is 52.4 Å². The summed E-state index contributed by atoms with van der Waals surface area (Å²) in [6.45, 7) is 4.27. The Labute approximate surface area is 682 Å². The highest BCUT2D eigenvalue weighted by Gasteiger charge is 2.29. The largest absolute Gasteiger partial charge is 0.412 e. The lowest BCUT2D eigenvalue weighted by molar-refractivity contribution is 0.199. The van der Waals surface area contributed by atoms with E-state index in [0.717, 1.165) is 199 Å². The Morgan fingerprint density at radius 1 is 0.207 bits per heavy atom. The first-order valence-electron chi connectivity index (χ1n) is 41.5. The van der Waals surface area contributed by atoms with Crippen LogP contribution in [0.5, 0.6) is 23.0 Å². The fourth-order valence-electron chi connectivity index (χ4n) is 13.8. The van der Waals surface area contributed by atoms with Gasteiger partial charge in [0.1, 0.15) is 23.0 Å². The van der Waals surface area contributed by atoms with Crippen molar-refractivity contribution in [3.8, 4) is 67.5 Å². The zero-order valence-corrected chi connectivity index (χ0v) is 66.6. The van der Waals surface area contributed by atoms with Crippen LogP contribution in [0.2, 0.25) is 0 Å². The number of amides is 12. The van der Waals surface area contributed by atoms with Gasteiger partial charge in [0.15, 0.2) is 0 Å². The molecule has 4 atom stereocenters. The van der Waals surface area contributed by atoms with E-state index >= 15 is 0 Å². The number of ether oxygens (including phenoxy) is 4. The minimum atomic E-state index is -0.473. The van der Waals surface area contributed by atoms with Crippen LogP contribution in [0.1, 0.15) is 154 Å². The van der Waals surface area contributed by atoms with E-state index in [1.165, 1.54) is 0 Å². The third-order valence-corrected chi connectivity index (χ3v) is 20.1. The SMILES string of the molecule is O=C(NCCCCCCNC(=O)Oc1ccc(-c2ccccc2)cc1)N[C@@H]1CCCC[C@H]1NC(=O)NCCCCCCNC(=O)Oc1ccc(-c2ccccc2)cc1.O=C(NCCCCCCNC(=O)Oc1ccc(-c2ccccc2)cc1)N[C@H]1CCCC[C@@H]1NC(=O)NCCCCCCNC(=O)Oc1ccc(-c2ccccc2)cc1. The highest BCUT2D eigenvalue weighted by molar-refractivity contribution is 5.78. The summed E-state index contributed by atoms with van der Waals surface area (Å²) in [5.41, 5.74) is 8.65. The summed E-state index contributed by atoms with van der Waals surface area (Å²) < 4.78 is 21.6. The molecular formula is C92H116N12O12. The second-order valence-electron chi connectivity index (χ2n) is 29.1. The molecule has 2 fully saturated rings. The Hall–Kier alpha value is -12.1. The normalized spacial score (nSPS) is 14.7. The van der Waals surface area contributed by atoms with Gasteiger partial charge in [-0.1, -0.05) is 247 Å². The predicted molar refractivity (Wildman–Crippen MR) is 456 cm³/mol. The average molecular weight is 1580 g/mol. The molecule has 0 spiro atoms. The standard InChI is InChI=1S/2C46H58N6O6/c2*53-43(47-31-13-1-3-15-33-49-45(55)57-39-27-23-37(24-28-39)35-17-7-5-8-18-35)51-41-21-11-12-22-42(41)52-44(54)48-32-14-2-4-16-34-50-46(56)58-40-29-25-38(26-30-40)36-19-9-6-10-20-36/h2*5-10,17-20,23-30,41-42H,1-4,11-16,21-22,31-34H2,(H,49,55)(H,50,56)(H2,47,51,53)(H2,48,52,54)/t2*41-,42-/m10/s1. The van der Waals surface area contributed by atoms with E-state index in [1.54, 1.807) is 48.5 Å². The van der Waals surface area contributed by atoms with Crippen LogP contribution >= 0.6 is 0 Å². The van der Waals surface area contributed by atoms with E-state index in [0.29, 0.717) is 75.4 Å². The topological polar surface area (TPSA) is 318 Å². The van der Waals surface area contributed by atoms with Gasteiger partial charge < -0.3 is 82.7 Å². The molecule has 24 heteroatoms. The molecule has 2 aliphatic carbocycles. The van der Waals surface area contributed by atoms with Crippen LogP contribution in [0.3, 0.4) is 0 Å². The molecule has 8 aromatic rings. The zero-order valence-electron chi connectivity index (χ0n) is 66.6. The predicted octanol–water partition coefficient (Wildman–Crippen LogP) is 17.9. The lowest BCUT2D eigenvalue weighted by Gasteiger charge is -2.32. The molecule has 10 rings (SSSR count). The molecule has 8 aromatic carbocycles. The molecule has 0 heterocycles.